The van der Waals surface area contributed by atoms with E-state index in [-0.39, 0.29) is 18.6 Å². The Morgan fingerprint density at radius 3 is 2.62 bits per heavy atom. The van der Waals surface area contributed by atoms with Gasteiger partial charge in [0.15, 0.2) is 0 Å². The van der Waals surface area contributed by atoms with Crippen LogP contribution in [0.4, 0.5) is 4.39 Å². The molecule has 0 radical (unpaired) electrons. The maximum absolute atomic E-state index is 13.1. The summed E-state index contributed by atoms with van der Waals surface area (Å²) in [5.74, 6) is -2.79. The summed E-state index contributed by atoms with van der Waals surface area (Å²) in [6.45, 7) is -0.237. The highest BCUT2D eigenvalue weighted by atomic mass is 19.1. The average molecular weight is 229 g/mol. The van der Waals surface area contributed by atoms with Gasteiger partial charge in [0.05, 0.1) is 0 Å². The predicted octanol–water partition coefficient (Wildman–Crippen LogP) is 0.612. The number of aliphatic hydroxyl groups excluding tert-OH is 1. The normalized spacial score (nSPS) is 12.4. The lowest BCUT2D eigenvalue weighted by Crippen LogP contribution is -2.14. The number of benzene rings is 1. The summed E-state index contributed by atoms with van der Waals surface area (Å²) in [5.41, 5.74) is 5.00. The van der Waals surface area contributed by atoms with Gasteiger partial charge in [-0.1, -0.05) is 0 Å². The SMILES string of the molecule is N[C@@H](CCO)c1cc(F)cc(C(=O)O)c1O. The summed E-state index contributed by atoms with van der Waals surface area (Å²) in [4.78, 5) is 10.7. The van der Waals surface area contributed by atoms with E-state index in [0.717, 1.165) is 6.07 Å². The van der Waals surface area contributed by atoms with Crippen LogP contribution in [0.5, 0.6) is 5.75 Å². The summed E-state index contributed by atoms with van der Waals surface area (Å²) in [5, 5.41) is 26.9. The van der Waals surface area contributed by atoms with Crippen LogP contribution in [0, 0.1) is 5.82 Å². The molecule has 0 amide bonds. The Hall–Kier alpha value is -1.66. The first-order valence-corrected chi connectivity index (χ1v) is 4.59. The molecule has 0 heterocycles. The zero-order valence-electron chi connectivity index (χ0n) is 8.35. The second-order valence-electron chi connectivity index (χ2n) is 3.32. The van der Waals surface area contributed by atoms with Gasteiger partial charge in [0.2, 0.25) is 0 Å². The minimum atomic E-state index is -1.44. The number of carboxylic acids is 1. The largest absolute Gasteiger partial charge is 0.507 e. The molecule has 1 rings (SSSR count). The smallest absolute Gasteiger partial charge is 0.339 e. The number of hydrogen-bond acceptors (Lipinski definition) is 4. The summed E-state index contributed by atoms with van der Waals surface area (Å²) in [7, 11) is 0. The zero-order valence-corrected chi connectivity index (χ0v) is 8.35. The van der Waals surface area contributed by atoms with Crippen molar-refractivity contribution in [1.82, 2.24) is 0 Å². The molecule has 0 aromatic heterocycles. The first kappa shape index (κ1) is 12.4. The standard InChI is InChI=1S/C10H12FNO4/c11-5-3-6(8(12)1-2-13)9(14)7(4-5)10(15)16/h3-4,8,13-14H,1-2,12H2,(H,15,16)/t8-/m0/s1. The van der Waals surface area contributed by atoms with Gasteiger partial charge in [0, 0.05) is 18.2 Å². The van der Waals surface area contributed by atoms with Gasteiger partial charge in [-0.15, -0.1) is 0 Å². The van der Waals surface area contributed by atoms with E-state index in [1.165, 1.54) is 0 Å². The van der Waals surface area contributed by atoms with Crippen LogP contribution in [0.25, 0.3) is 0 Å². The lowest BCUT2D eigenvalue weighted by atomic mass is 10.0. The molecule has 16 heavy (non-hydrogen) atoms. The molecule has 0 bridgehead atoms. The predicted molar refractivity (Wildman–Crippen MR) is 53.7 cm³/mol. The number of halogens is 1. The van der Waals surface area contributed by atoms with Crippen molar-refractivity contribution in [3.8, 4) is 5.75 Å². The Morgan fingerprint density at radius 2 is 2.12 bits per heavy atom. The first-order valence-electron chi connectivity index (χ1n) is 4.59. The summed E-state index contributed by atoms with van der Waals surface area (Å²) in [6, 6.07) is 0.869. The molecule has 0 saturated heterocycles. The second kappa shape index (κ2) is 4.91. The van der Waals surface area contributed by atoms with Gasteiger partial charge in [-0.05, 0) is 18.6 Å². The van der Waals surface area contributed by atoms with Crippen LogP contribution in [0.2, 0.25) is 0 Å². The molecule has 0 spiro atoms. The highest BCUT2D eigenvalue weighted by Gasteiger charge is 2.19. The van der Waals surface area contributed by atoms with Crippen molar-refractivity contribution in [3.63, 3.8) is 0 Å². The quantitative estimate of drug-likeness (QED) is 0.605. The molecule has 1 aromatic rings. The van der Waals surface area contributed by atoms with E-state index < -0.39 is 29.1 Å². The molecule has 0 fully saturated rings. The maximum Gasteiger partial charge on any atom is 0.339 e. The Kier molecular flexibility index (Phi) is 3.81. The molecule has 0 aliphatic carbocycles. The number of aromatic carboxylic acids is 1. The Balaban J connectivity index is 3.23. The molecule has 1 atom stereocenters. The van der Waals surface area contributed by atoms with E-state index >= 15 is 0 Å². The van der Waals surface area contributed by atoms with Gasteiger partial charge in [-0.2, -0.15) is 0 Å². The van der Waals surface area contributed by atoms with E-state index in [1.807, 2.05) is 0 Å². The highest BCUT2D eigenvalue weighted by molar-refractivity contribution is 5.91. The van der Waals surface area contributed by atoms with Crippen molar-refractivity contribution in [2.24, 2.45) is 5.73 Å². The fraction of sp³-hybridized carbons (Fsp3) is 0.300. The number of rotatable bonds is 4. The molecule has 0 aliphatic rings. The minimum Gasteiger partial charge on any atom is -0.507 e. The van der Waals surface area contributed by atoms with E-state index in [1.54, 1.807) is 0 Å². The third-order valence-electron chi connectivity index (χ3n) is 2.17. The average Bonchev–Trinajstić information content (AvgIpc) is 2.20. The van der Waals surface area contributed by atoms with Crippen LogP contribution in [0.3, 0.4) is 0 Å². The lowest BCUT2D eigenvalue weighted by molar-refractivity contribution is 0.0693. The van der Waals surface area contributed by atoms with Crippen LogP contribution >= 0.6 is 0 Å². The van der Waals surface area contributed by atoms with Crippen LogP contribution in [0.1, 0.15) is 28.4 Å². The van der Waals surface area contributed by atoms with E-state index in [2.05, 4.69) is 0 Å². The molecule has 5 nitrogen and oxygen atoms in total. The molecule has 0 unspecified atom stereocenters. The van der Waals surface area contributed by atoms with E-state index in [4.69, 9.17) is 15.9 Å². The fourth-order valence-corrected chi connectivity index (χ4v) is 1.36. The van der Waals surface area contributed by atoms with Crippen LogP contribution in [-0.2, 0) is 0 Å². The number of nitrogens with two attached hydrogens (primary N) is 1. The van der Waals surface area contributed by atoms with Crippen molar-refractivity contribution in [1.29, 1.82) is 0 Å². The third-order valence-corrected chi connectivity index (χ3v) is 2.17. The Morgan fingerprint density at radius 1 is 1.50 bits per heavy atom. The number of hydrogen-bond donors (Lipinski definition) is 4. The second-order valence-corrected chi connectivity index (χ2v) is 3.32. The summed E-state index contributed by atoms with van der Waals surface area (Å²) < 4.78 is 13.1. The molecule has 6 heteroatoms. The molecule has 0 aliphatic heterocycles. The maximum atomic E-state index is 13.1. The lowest BCUT2D eigenvalue weighted by Gasteiger charge is -2.13. The number of aliphatic hydroxyl groups is 1. The topological polar surface area (TPSA) is 104 Å². The number of carboxylic acid groups (broad SMARTS) is 1. The van der Waals surface area contributed by atoms with Crippen molar-refractivity contribution in [2.45, 2.75) is 12.5 Å². The molecule has 0 saturated carbocycles. The zero-order chi connectivity index (χ0) is 12.3. The highest BCUT2D eigenvalue weighted by Crippen LogP contribution is 2.29. The molecular weight excluding hydrogens is 217 g/mol. The van der Waals surface area contributed by atoms with Gasteiger partial charge >= 0.3 is 5.97 Å². The van der Waals surface area contributed by atoms with Crippen molar-refractivity contribution >= 4 is 5.97 Å². The van der Waals surface area contributed by atoms with Gasteiger partial charge in [-0.3, -0.25) is 0 Å². The summed E-state index contributed by atoms with van der Waals surface area (Å²) >= 11 is 0. The summed E-state index contributed by atoms with van der Waals surface area (Å²) in [6.07, 6.45) is 0.107. The van der Waals surface area contributed by atoms with Crippen LogP contribution in [-0.4, -0.2) is 27.9 Å². The van der Waals surface area contributed by atoms with Gasteiger partial charge in [-0.25, -0.2) is 9.18 Å². The number of phenols is 1. The molecule has 88 valence electrons. The van der Waals surface area contributed by atoms with Crippen LogP contribution < -0.4 is 5.73 Å². The first-order chi connectivity index (χ1) is 7.47. The molecule has 5 N–H and O–H groups in total. The molecule has 1 aromatic carbocycles. The Bertz CT molecular complexity index is 408. The fourth-order valence-electron chi connectivity index (χ4n) is 1.36. The van der Waals surface area contributed by atoms with Crippen molar-refractivity contribution < 1.29 is 24.5 Å². The van der Waals surface area contributed by atoms with Crippen molar-refractivity contribution in [2.75, 3.05) is 6.61 Å². The van der Waals surface area contributed by atoms with Gasteiger partial charge in [0.1, 0.15) is 17.1 Å². The number of aromatic hydroxyl groups is 1. The van der Waals surface area contributed by atoms with E-state index in [0.29, 0.717) is 6.07 Å². The monoisotopic (exact) mass is 229 g/mol. The minimum absolute atomic E-state index is 0.0218. The van der Waals surface area contributed by atoms with Crippen molar-refractivity contribution in [3.05, 3.63) is 29.1 Å². The molecular formula is C10H12FNO4. The van der Waals surface area contributed by atoms with Crippen LogP contribution in [0.15, 0.2) is 12.1 Å². The van der Waals surface area contributed by atoms with Gasteiger partial charge < -0.3 is 21.1 Å². The Labute approximate surface area is 90.9 Å². The van der Waals surface area contributed by atoms with Gasteiger partial charge in [0.25, 0.3) is 0 Å². The third kappa shape index (κ3) is 2.47. The van der Waals surface area contributed by atoms with E-state index in [9.17, 15) is 14.3 Å². The number of carbonyl (C=O) groups is 1.